The summed E-state index contributed by atoms with van der Waals surface area (Å²) in [6.45, 7) is 1.68. The van der Waals surface area contributed by atoms with Gasteiger partial charge >= 0.3 is 0 Å². The molecule has 0 amide bonds. The van der Waals surface area contributed by atoms with Crippen LogP contribution in [-0.2, 0) is 5.79 Å². The van der Waals surface area contributed by atoms with Gasteiger partial charge in [-0.15, -0.1) is 0 Å². The third-order valence-corrected chi connectivity index (χ3v) is 3.11. The predicted octanol–water partition coefficient (Wildman–Crippen LogP) is 4.12. The molecule has 0 unspecified atom stereocenters. The average molecular weight is 265 g/mol. The smallest absolute Gasteiger partial charge is 0.278 e. The largest absolute Gasteiger partial charge is 0.444 e. The lowest BCUT2D eigenvalue weighted by Gasteiger charge is -2.23. The first kappa shape index (κ1) is 11.4. The van der Waals surface area contributed by atoms with Gasteiger partial charge in [-0.05, 0) is 30.3 Å². The van der Waals surface area contributed by atoms with E-state index in [0.717, 1.165) is 0 Å². The van der Waals surface area contributed by atoms with Crippen molar-refractivity contribution in [2.24, 2.45) is 0 Å². The molecule has 0 saturated carbocycles. The van der Waals surface area contributed by atoms with Crippen molar-refractivity contribution in [3.05, 3.63) is 58.9 Å². The van der Waals surface area contributed by atoms with Crippen molar-refractivity contribution in [1.29, 1.82) is 0 Å². The Morgan fingerprint density at radius 2 is 1.67 bits per heavy atom. The van der Waals surface area contributed by atoms with Gasteiger partial charge in [0.15, 0.2) is 11.5 Å². The van der Waals surface area contributed by atoms with Gasteiger partial charge in [0, 0.05) is 11.9 Å². The molecule has 1 aliphatic heterocycles. The lowest BCUT2D eigenvalue weighted by molar-refractivity contribution is -0.0707. The van der Waals surface area contributed by atoms with Gasteiger partial charge in [-0.25, -0.2) is 4.39 Å². The van der Waals surface area contributed by atoms with Crippen LogP contribution in [0.1, 0.15) is 12.5 Å². The molecule has 0 spiro atoms. The summed E-state index contributed by atoms with van der Waals surface area (Å²) in [6.07, 6.45) is 0. The normalized spacial score (nSPS) is 15.7. The summed E-state index contributed by atoms with van der Waals surface area (Å²) in [7, 11) is 0. The number of para-hydroxylation sites is 2. The zero-order chi connectivity index (χ0) is 12.8. The van der Waals surface area contributed by atoms with E-state index in [1.54, 1.807) is 31.2 Å². The highest BCUT2D eigenvalue weighted by Gasteiger charge is 2.40. The first-order chi connectivity index (χ1) is 8.58. The lowest BCUT2D eigenvalue weighted by Crippen LogP contribution is -2.32. The Morgan fingerprint density at radius 3 is 2.22 bits per heavy atom. The van der Waals surface area contributed by atoms with Crippen LogP contribution in [0.15, 0.2) is 42.5 Å². The van der Waals surface area contributed by atoms with Crippen molar-refractivity contribution in [2.45, 2.75) is 12.7 Å². The molecule has 1 aliphatic rings. The highest BCUT2D eigenvalue weighted by atomic mass is 35.5. The number of fused-ring (bicyclic) bond motifs is 1. The summed E-state index contributed by atoms with van der Waals surface area (Å²) in [4.78, 5) is 0. The zero-order valence-corrected chi connectivity index (χ0v) is 10.4. The Morgan fingerprint density at radius 1 is 1.06 bits per heavy atom. The van der Waals surface area contributed by atoms with Gasteiger partial charge in [0.2, 0.25) is 0 Å². The molecule has 18 heavy (non-hydrogen) atoms. The molecule has 2 nitrogen and oxygen atoms in total. The lowest BCUT2D eigenvalue weighted by atomic mass is 10.1. The second-order valence-electron chi connectivity index (χ2n) is 4.22. The van der Waals surface area contributed by atoms with E-state index in [4.69, 9.17) is 21.1 Å². The highest BCUT2D eigenvalue weighted by Crippen LogP contribution is 2.44. The van der Waals surface area contributed by atoms with Crippen LogP contribution in [0.25, 0.3) is 0 Å². The maximum absolute atomic E-state index is 13.9. The maximum atomic E-state index is 13.9. The molecular formula is C14H10ClFO2. The van der Waals surface area contributed by atoms with Crippen molar-refractivity contribution >= 4 is 11.6 Å². The zero-order valence-electron chi connectivity index (χ0n) is 9.61. The minimum atomic E-state index is -1.15. The molecule has 3 rings (SSSR count). The van der Waals surface area contributed by atoms with Crippen LogP contribution in [0.4, 0.5) is 4.39 Å². The van der Waals surface area contributed by atoms with Gasteiger partial charge in [0.25, 0.3) is 5.79 Å². The third kappa shape index (κ3) is 1.71. The fourth-order valence-corrected chi connectivity index (χ4v) is 2.19. The molecule has 0 fully saturated rings. The SMILES string of the molecule is CC1(c2ccc(Cl)cc2F)Oc2ccccc2O1. The second kappa shape index (κ2) is 3.89. The Kier molecular flexibility index (Phi) is 2.45. The summed E-state index contributed by atoms with van der Waals surface area (Å²) in [6, 6.07) is 11.7. The molecule has 0 saturated heterocycles. The standard InChI is InChI=1S/C14H10ClFO2/c1-14(10-7-6-9(15)8-11(10)16)17-12-4-2-3-5-13(12)18-14/h2-8H,1H3. The molecule has 4 heteroatoms. The number of ether oxygens (including phenoxy) is 2. The van der Waals surface area contributed by atoms with Crippen molar-refractivity contribution < 1.29 is 13.9 Å². The molecular weight excluding hydrogens is 255 g/mol. The summed E-state index contributed by atoms with van der Waals surface area (Å²) >= 11 is 5.74. The molecule has 0 N–H and O–H groups in total. The summed E-state index contributed by atoms with van der Waals surface area (Å²) < 4.78 is 25.3. The van der Waals surface area contributed by atoms with E-state index in [1.165, 1.54) is 6.07 Å². The van der Waals surface area contributed by atoms with Crippen LogP contribution in [0.2, 0.25) is 5.02 Å². The van der Waals surface area contributed by atoms with Crippen molar-refractivity contribution in [2.75, 3.05) is 0 Å². The van der Waals surface area contributed by atoms with E-state index in [9.17, 15) is 4.39 Å². The van der Waals surface area contributed by atoms with Crippen molar-refractivity contribution in [3.63, 3.8) is 0 Å². The fourth-order valence-electron chi connectivity index (χ4n) is 2.03. The van der Waals surface area contributed by atoms with Gasteiger partial charge in [-0.3, -0.25) is 0 Å². The first-order valence-corrected chi connectivity index (χ1v) is 5.89. The highest BCUT2D eigenvalue weighted by molar-refractivity contribution is 6.30. The molecule has 92 valence electrons. The van der Waals surface area contributed by atoms with Gasteiger partial charge in [0.05, 0.1) is 5.56 Å². The Hall–Kier alpha value is -1.74. The van der Waals surface area contributed by atoms with Crippen LogP contribution in [0, 0.1) is 5.82 Å². The Labute approximate surface area is 109 Å². The minimum absolute atomic E-state index is 0.322. The van der Waals surface area contributed by atoms with E-state index < -0.39 is 11.6 Å². The quantitative estimate of drug-likeness (QED) is 0.771. The number of hydrogen-bond acceptors (Lipinski definition) is 2. The third-order valence-electron chi connectivity index (χ3n) is 2.88. The monoisotopic (exact) mass is 264 g/mol. The van der Waals surface area contributed by atoms with Gasteiger partial charge in [0.1, 0.15) is 5.82 Å². The molecule has 0 atom stereocenters. The first-order valence-electron chi connectivity index (χ1n) is 5.51. The van der Waals surface area contributed by atoms with Crippen LogP contribution < -0.4 is 9.47 Å². The van der Waals surface area contributed by atoms with Crippen molar-refractivity contribution in [1.82, 2.24) is 0 Å². The maximum Gasteiger partial charge on any atom is 0.278 e. The van der Waals surface area contributed by atoms with E-state index in [-0.39, 0.29) is 0 Å². The van der Waals surface area contributed by atoms with E-state index in [1.807, 2.05) is 12.1 Å². The van der Waals surface area contributed by atoms with Crippen molar-refractivity contribution in [3.8, 4) is 11.5 Å². The van der Waals surface area contributed by atoms with Crippen LogP contribution in [-0.4, -0.2) is 0 Å². The van der Waals surface area contributed by atoms with Crippen LogP contribution in [0.5, 0.6) is 11.5 Å². The minimum Gasteiger partial charge on any atom is -0.444 e. The topological polar surface area (TPSA) is 18.5 Å². The Balaban J connectivity index is 2.04. The molecule has 2 aromatic rings. The van der Waals surface area contributed by atoms with E-state index in [0.29, 0.717) is 22.1 Å². The second-order valence-corrected chi connectivity index (χ2v) is 4.66. The predicted molar refractivity (Wildman–Crippen MR) is 66.5 cm³/mol. The number of halogens is 2. The number of hydrogen-bond donors (Lipinski definition) is 0. The Bertz CT molecular complexity index is 587. The molecule has 1 heterocycles. The molecule has 0 aromatic heterocycles. The average Bonchev–Trinajstić information content (AvgIpc) is 2.65. The van der Waals surface area contributed by atoms with Crippen LogP contribution in [0.3, 0.4) is 0 Å². The molecule has 0 aliphatic carbocycles. The summed E-state index contributed by atoms with van der Waals surface area (Å²) in [5.41, 5.74) is 0.322. The molecule has 0 radical (unpaired) electrons. The fraction of sp³-hybridized carbons (Fsp3) is 0.143. The van der Waals surface area contributed by atoms with Crippen LogP contribution >= 0.6 is 11.6 Å². The van der Waals surface area contributed by atoms with E-state index >= 15 is 0 Å². The van der Waals surface area contributed by atoms with E-state index in [2.05, 4.69) is 0 Å². The van der Waals surface area contributed by atoms with Gasteiger partial charge < -0.3 is 9.47 Å². The summed E-state index contributed by atoms with van der Waals surface area (Å²) in [5.74, 6) is -0.389. The van der Waals surface area contributed by atoms with Gasteiger partial charge in [-0.2, -0.15) is 0 Å². The number of rotatable bonds is 1. The summed E-state index contributed by atoms with van der Waals surface area (Å²) in [5, 5.41) is 0.343. The molecule has 0 bridgehead atoms. The number of benzene rings is 2. The van der Waals surface area contributed by atoms with Gasteiger partial charge in [-0.1, -0.05) is 23.7 Å². The molecule has 2 aromatic carbocycles.